The summed E-state index contributed by atoms with van der Waals surface area (Å²) in [6.45, 7) is 8.97. The maximum Gasteiger partial charge on any atom is 0.237 e. The van der Waals surface area contributed by atoms with Crippen molar-refractivity contribution in [3.05, 3.63) is 54.4 Å². The number of carbonyl (C=O) groups is 1. The van der Waals surface area contributed by atoms with E-state index in [0.29, 0.717) is 5.92 Å². The van der Waals surface area contributed by atoms with Crippen LogP contribution in [0.25, 0.3) is 11.4 Å². The number of thioether (sulfide) groups is 1. The molecule has 1 unspecified atom stereocenters. The summed E-state index contributed by atoms with van der Waals surface area (Å²) in [5, 5.41) is 12.1. The van der Waals surface area contributed by atoms with Crippen LogP contribution in [0.2, 0.25) is 0 Å². The van der Waals surface area contributed by atoms with Gasteiger partial charge in [-0.2, -0.15) is 0 Å². The number of carbonyl (C=O) groups excluding carboxylic acids is 1. The van der Waals surface area contributed by atoms with Crippen molar-refractivity contribution < 1.29 is 4.79 Å². The van der Waals surface area contributed by atoms with Crippen molar-refractivity contribution in [1.82, 2.24) is 19.7 Å². The number of benzene rings is 1. The van der Waals surface area contributed by atoms with Crippen LogP contribution in [0.5, 0.6) is 0 Å². The van der Waals surface area contributed by atoms with Crippen LogP contribution in [-0.2, 0) is 11.3 Å². The number of hydrogen-bond acceptors (Lipinski definition) is 5. The first-order chi connectivity index (χ1) is 13.4. The lowest BCUT2D eigenvalue weighted by atomic mass is 10.2. The number of anilines is 1. The SMILES string of the molecule is Cc1ccc(NC(=O)C(C)Sc2nnc(-c3cccnc3)n2CC(C)C)cc1. The predicted molar refractivity (Wildman–Crippen MR) is 113 cm³/mol. The van der Waals surface area contributed by atoms with E-state index in [1.54, 1.807) is 12.4 Å². The molecule has 146 valence electrons. The molecule has 28 heavy (non-hydrogen) atoms. The first-order valence-corrected chi connectivity index (χ1v) is 10.2. The first kappa shape index (κ1) is 20.1. The van der Waals surface area contributed by atoms with E-state index in [-0.39, 0.29) is 11.2 Å². The number of nitrogens with one attached hydrogen (secondary N) is 1. The minimum atomic E-state index is -0.307. The topological polar surface area (TPSA) is 72.7 Å². The van der Waals surface area contributed by atoms with Crippen molar-refractivity contribution >= 4 is 23.4 Å². The summed E-state index contributed by atoms with van der Waals surface area (Å²) < 4.78 is 2.07. The minimum Gasteiger partial charge on any atom is -0.325 e. The molecule has 0 radical (unpaired) electrons. The lowest BCUT2D eigenvalue weighted by molar-refractivity contribution is -0.115. The van der Waals surface area contributed by atoms with Crippen molar-refractivity contribution in [2.45, 2.75) is 44.6 Å². The van der Waals surface area contributed by atoms with Gasteiger partial charge in [0, 0.05) is 30.2 Å². The molecule has 2 heterocycles. The zero-order valence-corrected chi connectivity index (χ0v) is 17.4. The summed E-state index contributed by atoms with van der Waals surface area (Å²) in [6, 6.07) is 11.6. The first-order valence-electron chi connectivity index (χ1n) is 9.32. The quantitative estimate of drug-likeness (QED) is 0.599. The van der Waals surface area contributed by atoms with Gasteiger partial charge in [0.2, 0.25) is 5.91 Å². The van der Waals surface area contributed by atoms with Crippen LogP contribution in [0.3, 0.4) is 0 Å². The van der Waals surface area contributed by atoms with Gasteiger partial charge in [-0.15, -0.1) is 10.2 Å². The smallest absolute Gasteiger partial charge is 0.237 e. The molecule has 0 saturated heterocycles. The number of nitrogens with zero attached hydrogens (tertiary/aromatic N) is 4. The van der Waals surface area contributed by atoms with Gasteiger partial charge in [-0.3, -0.25) is 9.78 Å². The highest BCUT2D eigenvalue weighted by Gasteiger charge is 2.21. The number of hydrogen-bond donors (Lipinski definition) is 1. The van der Waals surface area contributed by atoms with Gasteiger partial charge < -0.3 is 9.88 Å². The highest BCUT2D eigenvalue weighted by Crippen LogP contribution is 2.28. The molecule has 0 aliphatic carbocycles. The minimum absolute atomic E-state index is 0.0594. The van der Waals surface area contributed by atoms with E-state index in [0.717, 1.165) is 34.3 Å². The lowest BCUT2D eigenvalue weighted by Gasteiger charge is -2.15. The normalized spacial score (nSPS) is 12.2. The zero-order chi connectivity index (χ0) is 20.1. The molecule has 0 aliphatic heterocycles. The van der Waals surface area contributed by atoms with Crippen molar-refractivity contribution in [2.75, 3.05) is 5.32 Å². The molecule has 1 aromatic carbocycles. The molecule has 0 fully saturated rings. The Morgan fingerprint density at radius 2 is 1.89 bits per heavy atom. The highest BCUT2D eigenvalue weighted by molar-refractivity contribution is 8.00. The average molecular weight is 396 g/mol. The Labute approximate surface area is 169 Å². The van der Waals surface area contributed by atoms with E-state index >= 15 is 0 Å². The summed E-state index contributed by atoms with van der Waals surface area (Å²) in [4.78, 5) is 16.8. The summed E-state index contributed by atoms with van der Waals surface area (Å²) in [7, 11) is 0. The second-order valence-corrected chi connectivity index (χ2v) is 8.48. The zero-order valence-electron chi connectivity index (χ0n) is 16.6. The molecule has 6 nitrogen and oxygen atoms in total. The summed E-state index contributed by atoms with van der Waals surface area (Å²) in [5.74, 6) is 1.13. The number of amides is 1. The Kier molecular flexibility index (Phi) is 6.46. The molecule has 0 spiro atoms. The molecule has 2 aromatic heterocycles. The van der Waals surface area contributed by atoms with Crippen LogP contribution >= 0.6 is 11.8 Å². The molecule has 3 rings (SSSR count). The molecule has 0 bridgehead atoms. The molecular weight excluding hydrogens is 370 g/mol. The Hall–Kier alpha value is -2.67. The second-order valence-electron chi connectivity index (χ2n) is 7.17. The monoisotopic (exact) mass is 395 g/mol. The number of aryl methyl sites for hydroxylation is 1. The predicted octanol–water partition coefficient (Wildman–Crippen LogP) is 4.42. The third kappa shape index (κ3) is 4.98. The Balaban J connectivity index is 1.78. The number of pyridine rings is 1. The molecule has 0 saturated carbocycles. The fourth-order valence-electron chi connectivity index (χ4n) is 2.71. The van der Waals surface area contributed by atoms with Gasteiger partial charge in [-0.1, -0.05) is 43.3 Å². The van der Waals surface area contributed by atoms with Crippen molar-refractivity contribution in [3.63, 3.8) is 0 Å². The fraction of sp³-hybridized carbons (Fsp3) is 0.333. The van der Waals surface area contributed by atoms with Crippen molar-refractivity contribution in [2.24, 2.45) is 5.92 Å². The van der Waals surface area contributed by atoms with E-state index in [4.69, 9.17) is 0 Å². The molecule has 1 N–H and O–H groups in total. The molecular formula is C21H25N5OS. The number of rotatable bonds is 7. The van der Waals surface area contributed by atoms with Crippen LogP contribution in [0.4, 0.5) is 5.69 Å². The van der Waals surface area contributed by atoms with Crippen LogP contribution < -0.4 is 5.32 Å². The molecule has 1 amide bonds. The van der Waals surface area contributed by atoms with Gasteiger partial charge in [0.1, 0.15) is 0 Å². The fourth-order valence-corrected chi connectivity index (χ4v) is 3.57. The third-order valence-electron chi connectivity index (χ3n) is 4.15. The van der Waals surface area contributed by atoms with Crippen LogP contribution in [0, 0.1) is 12.8 Å². The Morgan fingerprint density at radius 3 is 2.54 bits per heavy atom. The van der Waals surface area contributed by atoms with E-state index in [1.165, 1.54) is 11.8 Å². The average Bonchev–Trinajstić information content (AvgIpc) is 3.06. The van der Waals surface area contributed by atoms with E-state index in [1.807, 2.05) is 50.2 Å². The summed E-state index contributed by atoms with van der Waals surface area (Å²) in [5.41, 5.74) is 2.87. The van der Waals surface area contributed by atoms with Gasteiger partial charge >= 0.3 is 0 Å². The molecule has 0 aliphatic rings. The summed E-state index contributed by atoms with van der Waals surface area (Å²) >= 11 is 1.42. The van der Waals surface area contributed by atoms with Crippen LogP contribution in [0.15, 0.2) is 53.9 Å². The standard InChI is InChI=1S/C21H25N5OS/c1-14(2)13-26-19(17-6-5-11-22-12-17)24-25-21(26)28-16(4)20(27)23-18-9-7-15(3)8-10-18/h5-12,14,16H,13H2,1-4H3,(H,23,27). The van der Waals surface area contributed by atoms with Crippen molar-refractivity contribution in [1.29, 1.82) is 0 Å². The van der Waals surface area contributed by atoms with Crippen molar-refractivity contribution in [3.8, 4) is 11.4 Å². The van der Waals surface area contributed by atoms with Gasteiger partial charge in [0.25, 0.3) is 0 Å². The molecule has 7 heteroatoms. The lowest BCUT2D eigenvalue weighted by Crippen LogP contribution is -2.23. The van der Waals surface area contributed by atoms with E-state index in [9.17, 15) is 4.79 Å². The second kappa shape index (κ2) is 9.01. The van der Waals surface area contributed by atoms with E-state index in [2.05, 4.69) is 38.9 Å². The third-order valence-corrected chi connectivity index (χ3v) is 5.24. The Bertz CT molecular complexity index is 922. The van der Waals surface area contributed by atoms with Gasteiger partial charge in [-0.25, -0.2) is 0 Å². The molecule has 3 aromatic rings. The van der Waals surface area contributed by atoms with Gasteiger partial charge in [0.05, 0.1) is 5.25 Å². The summed E-state index contributed by atoms with van der Waals surface area (Å²) in [6.07, 6.45) is 3.52. The number of aromatic nitrogens is 4. The maximum atomic E-state index is 12.6. The van der Waals surface area contributed by atoms with Crippen LogP contribution in [-0.4, -0.2) is 30.9 Å². The largest absolute Gasteiger partial charge is 0.325 e. The van der Waals surface area contributed by atoms with Gasteiger partial charge in [0.15, 0.2) is 11.0 Å². The van der Waals surface area contributed by atoms with E-state index < -0.39 is 0 Å². The Morgan fingerprint density at radius 1 is 1.14 bits per heavy atom. The maximum absolute atomic E-state index is 12.6. The highest BCUT2D eigenvalue weighted by atomic mass is 32.2. The van der Waals surface area contributed by atoms with Gasteiger partial charge in [-0.05, 0) is 44.0 Å². The molecule has 1 atom stereocenters. The van der Waals surface area contributed by atoms with Crippen LogP contribution in [0.1, 0.15) is 26.3 Å².